The molecule has 13 heteroatoms. The fraction of sp³-hybridized carbons (Fsp3) is 0.419. The number of aromatic nitrogens is 1. The van der Waals surface area contributed by atoms with Gasteiger partial charge < -0.3 is 30.1 Å². The summed E-state index contributed by atoms with van der Waals surface area (Å²) in [5.41, 5.74) is 0.0594. The van der Waals surface area contributed by atoms with Crippen molar-refractivity contribution in [1.82, 2.24) is 14.8 Å². The Kier molecular flexibility index (Phi) is 9.27. The van der Waals surface area contributed by atoms with Gasteiger partial charge in [-0.2, -0.15) is 18.4 Å². The zero-order valence-corrected chi connectivity index (χ0v) is 24.4. The minimum Gasteiger partial charge on any atom is -0.435 e. The SMILES string of the molecule is CC1CCCN(C2=CCCC(C(F)(F)F)=C(C(=O)Nc3ccc(N4CCN(C(=O)Nc5ccccc5C#N)CC4)nc3)O2)C1. The first-order valence-corrected chi connectivity index (χ1v) is 14.6. The van der Waals surface area contributed by atoms with Crippen LogP contribution in [-0.4, -0.2) is 72.2 Å². The van der Waals surface area contributed by atoms with Gasteiger partial charge in [0.2, 0.25) is 5.76 Å². The van der Waals surface area contributed by atoms with Gasteiger partial charge in [-0.15, -0.1) is 0 Å². The van der Waals surface area contributed by atoms with Gasteiger partial charge >= 0.3 is 12.2 Å². The highest BCUT2D eigenvalue weighted by Crippen LogP contribution is 2.36. The van der Waals surface area contributed by atoms with Crippen LogP contribution < -0.4 is 15.5 Å². The molecular weight excluding hydrogens is 575 g/mol. The quantitative estimate of drug-likeness (QED) is 0.464. The summed E-state index contributed by atoms with van der Waals surface area (Å²) < 4.78 is 47.6. The van der Waals surface area contributed by atoms with Gasteiger partial charge in [0, 0.05) is 39.3 Å². The molecule has 2 saturated heterocycles. The number of halogens is 3. The van der Waals surface area contributed by atoms with Crippen LogP contribution in [-0.2, 0) is 9.53 Å². The third kappa shape index (κ3) is 7.24. The van der Waals surface area contributed by atoms with Gasteiger partial charge in [0.15, 0.2) is 5.88 Å². The lowest BCUT2D eigenvalue weighted by molar-refractivity contribution is -0.119. The van der Waals surface area contributed by atoms with Gasteiger partial charge in [0.05, 0.1) is 28.7 Å². The lowest BCUT2D eigenvalue weighted by Gasteiger charge is -2.35. The number of anilines is 3. The van der Waals surface area contributed by atoms with E-state index in [4.69, 9.17) is 4.74 Å². The number of pyridine rings is 1. The van der Waals surface area contributed by atoms with Crippen LogP contribution in [0.5, 0.6) is 0 Å². The number of carbonyl (C=O) groups is 2. The summed E-state index contributed by atoms with van der Waals surface area (Å²) in [6, 6.07) is 11.8. The summed E-state index contributed by atoms with van der Waals surface area (Å²) >= 11 is 0. The van der Waals surface area contributed by atoms with Crippen molar-refractivity contribution in [2.24, 2.45) is 5.92 Å². The summed E-state index contributed by atoms with van der Waals surface area (Å²) in [4.78, 5) is 35.8. The molecule has 2 N–H and O–H groups in total. The smallest absolute Gasteiger partial charge is 0.416 e. The summed E-state index contributed by atoms with van der Waals surface area (Å²) in [6.45, 7) is 5.21. The van der Waals surface area contributed by atoms with Crippen LogP contribution in [0.2, 0.25) is 0 Å². The number of hydrogen-bond donors (Lipinski definition) is 2. The third-order valence-electron chi connectivity index (χ3n) is 7.90. The number of hydrogen-bond acceptors (Lipinski definition) is 7. The number of amides is 3. The summed E-state index contributed by atoms with van der Waals surface area (Å²) in [7, 11) is 0. The highest BCUT2D eigenvalue weighted by molar-refractivity contribution is 6.03. The molecule has 3 amide bonds. The first-order valence-electron chi connectivity index (χ1n) is 14.6. The molecule has 1 atom stereocenters. The van der Waals surface area contributed by atoms with Crippen LogP contribution in [0, 0.1) is 17.2 Å². The van der Waals surface area contributed by atoms with Crippen molar-refractivity contribution in [3.63, 3.8) is 0 Å². The first kappa shape index (κ1) is 30.7. The number of nitriles is 1. The summed E-state index contributed by atoms with van der Waals surface area (Å²) in [6.07, 6.45) is -0.00197. The van der Waals surface area contributed by atoms with E-state index in [2.05, 4.69) is 28.6 Å². The van der Waals surface area contributed by atoms with Gasteiger partial charge in [0.1, 0.15) is 11.9 Å². The Morgan fingerprint density at radius 2 is 1.82 bits per heavy atom. The molecule has 3 aliphatic heterocycles. The highest BCUT2D eigenvalue weighted by atomic mass is 19.4. The Hall–Kier alpha value is -4.73. The molecule has 2 aromatic rings. The van der Waals surface area contributed by atoms with E-state index in [1.54, 1.807) is 47.4 Å². The summed E-state index contributed by atoms with van der Waals surface area (Å²) in [5.74, 6) is -0.464. The molecule has 1 aromatic carbocycles. The van der Waals surface area contributed by atoms with Gasteiger partial charge in [-0.25, -0.2) is 9.78 Å². The fourth-order valence-electron chi connectivity index (χ4n) is 5.56. The van der Waals surface area contributed by atoms with E-state index >= 15 is 0 Å². The Morgan fingerprint density at radius 1 is 1.05 bits per heavy atom. The highest BCUT2D eigenvalue weighted by Gasteiger charge is 2.41. The van der Waals surface area contributed by atoms with E-state index in [1.807, 2.05) is 9.80 Å². The number of likely N-dealkylation sites (tertiary alicyclic amines) is 1. The number of alkyl halides is 3. The first-order chi connectivity index (χ1) is 21.1. The largest absolute Gasteiger partial charge is 0.435 e. The fourth-order valence-corrected chi connectivity index (χ4v) is 5.56. The molecule has 44 heavy (non-hydrogen) atoms. The molecule has 0 saturated carbocycles. The van der Waals surface area contributed by atoms with Crippen molar-refractivity contribution < 1.29 is 27.5 Å². The Bertz CT molecular complexity index is 1480. The number of carbonyl (C=O) groups excluding carboxylic acids is 2. The number of rotatable bonds is 5. The molecule has 4 heterocycles. The lowest BCUT2D eigenvalue weighted by Crippen LogP contribution is -2.50. The molecule has 1 aromatic heterocycles. The van der Waals surface area contributed by atoms with E-state index in [-0.39, 0.29) is 30.4 Å². The van der Waals surface area contributed by atoms with Crippen molar-refractivity contribution in [3.8, 4) is 6.07 Å². The van der Waals surface area contributed by atoms with E-state index in [9.17, 15) is 28.0 Å². The average molecular weight is 610 g/mol. The maximum atomic E-state index is 14.0. The Labute approximate surface area is 253 Å². The van der Waals surface area contributed by atoms with Crippen LogP contribution >= 0.6 is 0 Å². The molecule has 0 spiro atoms. The van der Waals surface area contributed by atoms with Gasteiger partial charge in [-0.05, 0) is 61.9 Å². The Balaban J connectivity index is 1.20. The standard InChI is InChI=1S/C31H34F3N7O3/c1-21-6-5-13-41(20-21)27-10-4-8-24(31(32,33)34)28(44-27)29(42)37-23-11-12-26(36-19-23)39-14-16-40(17-15-39)30(43)38-25-9-3-2-7-22(25)18-35/h2-3,7,9-12,19,21H,4-6,8,13-17,20H2,1H3,(H,37,42)(H,38,43). The van der Waals surface area contributed by atoms with Crippen molar-refractivity contribution in [2.45, 2.75) is 38.8 Å². The number of nitrogens with one attached hydrogen (secondary N) is 2. The second-order valence-electron chi connectivity index (χ2n) is 11.1. The van der Waals surface area contributed by atoms with E-state index in [0.29, 0.717) is 62.3 Å². The zero-order chi connectivity index (χ0) is 31.3. The average Bonchev–Trinajstić information content (AvgIpc) is 3.26. The number of urea groups is 1. The predicted molar refractivity (Wildman–Crippen MR) is 158 cm³/mol. The minimum absolute atomic E-state index is 0.115. The number of para-hydroxylation sites is 1. The molecule has 5 rings (SSSR count). The topological polar surface area (TPSA) is 114 Å². The van der Waals surface area contributed by atoms with Crippen molar-refractivity contribution >= 4 is 29.1 Å². The van der Waals surface area contributed by atoms with Gasteiger partial charge in [-0.3, -0.25) is 4.79 Å². The van der Waals surface area contributed by atoms with Crippen LogP contribution in [0.3, 0.4) is 0 Å². The molecule has 0 radical (unpaired) electrons. The number of piperidine rings is 1. The predicted octanol–water partition coefficient (Wildman–Crippen LogP) is 5.45. The normalized spacial score (nSPS) is 19.4. The molecular formula is C31H34F3N7O3. The van der Waals surface area contributed by atoms with Crippen molar-refractivity contribution in [1.29, 1.82) is 5.26 Å². The Morgan fingerprint density at radius 3 is 2.50 bits per heavy atom. The lowest BCUT2D eigenvalue weighted by atomic mass is 10.0. The molecule has 3 aliphatic rings. The number of ether oxygens (including phenoxy) is 1. The number of piperazine rings is 1. The number of benzene rings is 1. The second-order valence-corrected chi connectivity index (χ2v) is 11.1. The monoisotopic (exact) mass is 609 g/mol. The molecule has 2 fully saturated rings. The van der Waals surface area contributed by atoms with E-state index < -0.39 is 23.4 Å². The van der Waals surface area contributed by atoms with Crippen molar-refractivity contribution in [2.75, 3.05) is 54.8 Å². The number of allylic oxidation sites excluding steroid dienone is 2. The van der Waals surface area contributed by atoms with Gasteiger partial charge in [-0.1, -0.05) is 19.1 Å². The zero-order valence-electron chi connectivity index (χ0n) is 24.4. The van der Waals surface area contributed by atoms with Crippen molar-refractivity contribution in [3.05, 3.63) is 71.4 Å². The molecule has 10 nitrogen and oxygen atoms in total. The van der Waals surface area contributed by atoms with E-state index in [0.717, 1.165) is 12.8 Å². The van der Waals surface area contributed by atoms with Crippen LogP contribution in [0.25, 0.3) is 0 Å². The van der Waals surface area contributed by atoms with Gasteiger partial charge in [0.25, 0.3) is 5.91 Å². The van der Waals surface area contributed by atoms with E-state index in [1.165, 1.54) is 6.20 Å². The molecule has 1 unspecified atom stereocenters. The third-order valence-corrected chi connectivity index (χ3v) is 7.90. The van der Waals surface area contributed by atoms with Crippen LogP contribution in [0.1, 0.15) is 38.2 Å². The van der Waals surface area contributed by atoms with Crippen LogP contribution in [0.4, 0.5) is 35.2 Å². The second kappa shape index (κ2) is 13.3. The number of nitrogens with zero attached hydrogens (tertiary/aromatic N) is 5. The summed E-state index contributed by atoms with van der Waals surface area (Å²) in [5, 5.41) is 14.6. The molecule has 0 aliphatic carbocycles. The molecule has 232 valence electrons. The van der Waals surface area contributed by atoms with Crippen LogP contribution in [0.15, 0.2) is 65.9 Å². The maximum Gasteiger partial charge on any atom is 0.416 e. The maximum absolute atomic E-state index is 14.0. The minimum atomic E-state index is -4.72. The molecule has 0 bridgehead atoms.